The van der Waals surface area contributed by atoms with Gasteiger partial charge in [-0.3, -0.25) is 0 Å². The van der Waals surface area contributed by atoms with Crippen LogP contribution in [0.4, 0.5) is 11.5 Å². The van der Waals surface area contributed by atoms with Gasteiger partial charge in [-0.15, -0.1) is 0 Å². The highest BCUT2D eigenvalue weighted by Gasteiger charge is 2.09. The number of nitrogens with zero attached hydrogens (tertiary/aromatic N) is 2. The van der Waals surface area contributed by atoms with E-state index in [1.54, 1.807) is 0 Å². The first-order chi connectivity index (χ1) is 12.9. The molecule has 0 amide bonds. The quantitative estimate of drug-likeness (QED) is 0.456. The maximum Gasteiger partial charge on any atom is 0.162 e. The van der Waals surface area contributed by atoms with Gasteiger partial charge < -0.3 is 10.3 Å². The Bertz CT molecular complexity index is 1210. The van der Waals surface area contributed by atoms with Crippen molar-refractivity contribution in [2.75, 3.05) is 5.32 Å². The Morgan fingerprint density at radius 3 is 2.54 bits per heavy atom. The molecule has 26 heavy (non-hydrogen) atoms. The number of H-pyrrole nitrogens is 1. The Labute approximate surface area is 150 Å². The Morgan fingerprint density at radius 2 is 1.62 bits per heavy atom. The van der Waals surface area contributed by atoms with E-state index in [0.717, 1.165) is 44.7 Å². The molecule has 124 valence electrons. The summed E-state index contributed by atoms with van der Waals surface area (Å²) in [7, 11) is 0. The van der Waals surface area contributed by atoms with Crippen molar-refractivity contribution in [3.63, 3.8) is 0 Å². The maximum absolute atomic E-state index is 4.80. The van der Waals surface area contributed by atoms with E-state index < -0.39 is 0 Å². The van der Waals surface area contributed by atoms with Crippen LogP contribution in [0, 0.1) is 0 Å². The van der Waals surface area contributed by atoms with Crippen molar-refractivity contribution in [3.8, 4) is 11.4 Å². The zero-order valence-electron chi connectivity index (χ0n) is 14.0. The highest BCUT2D eigenvalue weighted by molar-refractivity contribution is 5.93. The van der Waals surface area contributed by atoms with Crippen molar-refractivity contribution in [1.82, 2.24) is 15.0 Å². The van der Waals surface area contributed by atoms with Gasteiger partial charge in [0, 0.05) is 33.7 Å². The monoisotopic (exact) mass is 336 g/mol. The third-order valence-electron chi connectivity index (χ3n) is 4.45. The van der Waals surface area contributed by atoms with E-state index >= 15 is 0 Å². The van der Waals surface area contributed by atoms with Gasteiger partial charge in [-0.2, -0.15) is 0 Å². The minimum absolute atomic E-state index is 0.717. The van der Waals surface area contributed by atoms with Crippen LogP contribution in [-0.2, 0) is 0 Å². The van der Waals surface area contributed by atoms with Crippen LogP contribution in [-0.4, -0.2) is 15.0 Å². The summed E-state index contributed by atoms with van der Waals surface area (Å²) in [6, 6.07) is 26.4. The highest BCUT2D eigenvalue weighted by Crippen LogP contribution is 2.28. The molecule has 0 spiro atoms. The van der Waals surface area contributed by atoms with Gasteiger partial charge >= 0.3 is 0 Å². The molecule has 5 rings (SSSR count). The number of aromatic amines is 1. The van der Waals surface area contributed by atoms with Crippen LogP contribution in [0.25, 0.3) is 33.2 Å². The lowest BCUT2D eigenvalue weighted by atomic mass is 10.1. The minimum atomic E-state index is 0.717. The van der Waals surface area contributed by atoms with Crippen molar-refractivity contribution < 1.29 is 0 Å². The second-order valence-electron chi connectivity index (χ2n) is 6.18. The van der Waals surface area contributed by atoms with Crippen LogP contribution in [0.5, 0.6) is 0 Å². The smallest absolute Gasteiger partial charge is 0.162 e. The molecular formula is C22H16N4. The molecule has 0 aliphatic heterocycles. The minimum Gasteiger partial charge on any atom is -0.361 e. The fraction of sp³-hybridized carbons (Fsp3) is 0. The lowest BCUT2D eigenvalue weighted by Gasteiger charge is -2.11. The second kappa shape index (κ2) is 6.01. The summed E-state index contributed by atoms with van der Waals surface area (Å²) >= 11 is 0. The van der Waals surface area contributed by atoms with Crippen molar-refractivity contribution in [1.29, 1.82) is 0 Å². The number of para-hydroxylation sites is 1. The largest absolute Gasteiger partial charge is 0.361 e. The molecule has 0 fully saturated rings. The molecule has 0 bridgehead atoms. The number of anilines is 2. The summed E-state index contributed by atoms with van der Waals surface area (Å²) in [5.41, 5.74) is 4.04. The van der Waals surface area contributed by atoms with Gasteiger partial charge in [0.15, 0.2) is 5.82 Å². The second-order valence-corrected chi connectivity index (χ2v) is 6.18. The molecule has 5 aromatic rings. The molecule has 0 aliphatic rings. The van der Waals surface area contributed by atoms with E-state index in [9.17, 15) is 0 Å². The summed E-state index contributed by atoms with van der Waals surface area (Å²) in [6.45, 7) is 0. The first-order valence-electron chi connectivity index (χ1n) is 8.53. The maximum atomic E-state index is 4.80. The lowest BCUT2D eigenvalue weighted by molar-refractivity contribution is 1.22. The summed E-state index contributed by atoms with van der Waals surface area (Å²) in [6.07, 6.45) is 1.95. The average Bonchev–Trinajstić information content (AvgIpc) is 3.16. The molecule has 0 atom stereocenters. The molecule has 4 heteroatoms. The lowest BCUT2D eigenvalue weighted by Crippen LogP contribution is -1.99. The SMILES string of the molecule is c1ccc(-c2nc(Nc3ccc4[nH]ccc4c3)c3ccccc3n2)cc1. The Kier molecular flexibility index (Phi) is 3.39. The summed E-state index contributed by atoms with van der Waals surface area (Å²) < 4.78 is 0. The van der Waals surface area contributed by atoms with E-state index in [4.69, 9.17) is 9.97 Å². The van der Waals surface area contributed by atoms with Crippen molar-refractivity contribution in [2.45, 2.75) is 0 Å². The zero-order valence-corrected chi connectivity index (χ0v) is 14.0. The topological polar surface area (TPSA) is 53.6 Å². The Hall–Kier alpha value is -3.66. The van der Waals surface area contributed by atoms with E-state index in [1.807, 2.05) is 60.8 Å². The molecule has 2 aromatic heterocycles. The highest BCUT2D eigenvalue weighted by atomic mass is 15.0. The number of benzene rings is 3. The number of hydrogen-bond donors (Lipinski definition) is 2. The van der Waals surface area contributed by atoms with E-state index in [1.165, 1.54) is 0 Å². The molecule has 0 radical (unpaired) electrons. The number of nitrogens with one attached hydrogen (secondary N) is 2. The van der Waals surface area contributed by atoms with Gasteiger partial charge in [-0.25, -0.2) is 9.97 Å². The third kappa shape index (κ3) is 2.58. The van der Waals surface area contributed by atoms with Crippen molar-refractivity contribution in [2.24, 2.45) is 0 Å². The van der Waals surface area contributed by atoms with Gasteiger partial charge in [-0.1, -0.05) is 42.5 Å². The molecular weight excluding hydrogens is 320 g/mol. The van der Waals surface area contributed by atoms with Crippen LogP contribution in [0.1, 0.15) is 0 Å². The van der Waals surface area contributed by atoms with Crippen LogP contribution in [0.2, 0.25) is 0 Å². The van der Waals surface area contributed by atoms with Gasteiger partial charge in [0.25, 0.3) is 0 Å². The molecule has 0 aliphatic carbocycles. The fourth-order valence-electron chi connectivity index (χ4n) is 3.16. The first kappa shape index (κ1) is 14.7. The Balaban J connectivity index is 1.65. The number of rotatable bonds is 3. The first-order valence-corrected chi connectivity index (χ1v) is 8.53. The zero-order chi connectivity index (χ0) is 17.3. The molecule has 3 aromatic carbocycles. The van der Waals surface area contributed by atoms with Gasteiger partial charge in [0.1, 0.15) is 5.82 Å². The Morgan fingerprint density at radius 1 is 0.769 bits per heavy atom. The summed E-state index contributed by atoms with van der Waals surface area (Å²) in [5.74, 6) is 1.53. The van der Waals surface area contributed by atoms with Gasteiger partial charge in [-0.05, 0) is 36.4 Å². The number of fused-ring (bicyclic) bond motifs is 2. The molecule has 4 nitrogen and oxygen atoms in total. The third-order valence-corrected chi connectivity index (χ3v) is 4.45. The predicted octanol–water partition coefficient (Wildman–Crippen LogP) is 5.52. The number of aromatic nitrogens is 3. The summed E-state index contributed by atoms with van der Waals surface area (Å²) in [4.78, 5) is 12.8. The molecule has 0 saturated heterocycles. The van der Waals surface area contributed by atoms with Crippen LogP contribution in [0.15, 0.2) is 85.1 Å². The number of hydrogen-bond acceptors (Lipinski definition) is 3. The van der Waals surface area contributed by atoms with E-state index in [-0.39, 0.29) is 0 Å². The van der Waals surface area contributed by atoms with Crippen LogP contribution < -0.4 is 5.32 Å². The van der Waals surface area contributed by atoms with E-state index in [2.05, 4.69) is 34.6 Å². The van der Waals surface area contributed by atoms with Gasteiger partial charge in [0.2, 0.25) is 0 Å². The average molecular weight is 336 g/mol. The summed E-state index contributed by atoms with van der Waals surface area (Å²) in [5, 5.41) is 5.64. The molecule has 2 heterocycles. The van der Waals surface area contributed by atoms with Gasteiger partial charge in [0.05, 0.1) is 5.52 Å². The molecule has 2 N–H and O–H groups in total. The standard InChI is InChI=1S/C22H16N4/c1-2-6-15(7-3-1)21-25-20-9-5-4-8-18(20)22(26-21)24-17-10-11-19-16(14-17)12-13-23-19/h1-14,23H,(H,24,25,26). The normalized spacial score (nSPS) is 11.1. The fourth-order valence-corrected chi connectivity index (χ4v) is 3.16. The molecule has 0 saturated carbocycles. The van der Waals surface area contributed by atoms with Crippen LogP contribution >= 0.6 is 0 Å². The van der Waals surface area contributed by atoms with Crippen molar-refractivity contribution >= 4 is 33.3 Å². The predicted molar refractivity (Wildman–Crippen MR) is 107 cm³/mol. The molecule has 0 unspecified atom stereocenters. The van der Waals surface area contributed by atoms with Crippen LogP contribution in [0.3, 0.4) is 0 Å². The van der Waals surface area contributed by atoms with E-state index in [0.29, 0.717) is 0 Å². The van der Waals surface area contributed by atoms with Crippen molar-refractivity contribution in [3.05, 3.63) is 85.1 Å².